The zero-order valence-electron chi connectivity index (χ0n) is 14.5. The second-order valence-electron chi connectivity index (χ2n) is 6.16. The highest BCUT2D eigenvalue weighted by atomic mass is 32.1. The number of piperazine rings is 1. The van der Waals surface area contributed by atoms with Crippen LogP contribution in [0.3, 0.4) is 0 Å². The van der Waals surface area contributed by atoms with E-state index < -0.39 is 0 Å². The van der Waals surface area contributed by atoms with Gasteiger partial charge >= 0.3 is 0 Å². The van der Waals surface area contributed by atoms with Gasteiger partial charge in [0.05, 0.1) is 4.88 Å². The van der Waals surface area contributed by atoms with Gasteiger partial charge in [-0.3, -0.25) is 9.59 Å². The molecule has 0 atom stereocenters. The molecule has 0 N–H and O–H groups in total. The van der Waals surface area contributed by atoms with Crippen LogP contribution in [0.25, 0.3) is 0 Å². The zero-order chi connectivity index (χ0) is 17.8. The fourth-order valence-corrected chi connectivity index (χ4v) is 3.66. The summed E-state index contributed by atoms with van der Waals surface area (Å²) in [5.41, 5.74) is 2.05. The van der Waals surface area contributed by atoms with Gasteiger partial charge in [0.1, 0.15) is 5.75 Å². The molecular formula is C19H22N2O3S. The molecule has 1 aliphatic rings. The molecule has 0 bridgehead atoms. The van der Waals surface area contributed by atoms with Gasteiger partial charge in [0, 0.05) is 26.2 Å². The number of para-hydroxylation sites is 1. The lowest BCUT2D eigenvalue weighted by Gasteiger charge is -2.34. The highest BCUT2D eigenvalue weighted by molar-refractivity contribution is 7.12. The van der Waals surface area contributed by atoms with Crippen LogP contribution in [0.4, 0.5) is 0 Å². The molecule has 1 saturated heterocycles. The molecule has 132 valence electrons. The fourth-order valence-electron chi connectivity index (χ4n) is 2.97. The molecule has 3 rings (SSSR count). The minimum atomic E-state index is -0.0362. The first-order valence-corrected chi connectivity index (χ1v) is 9.24. The normalized spacial score (nSPS) is 14.5. The van der Waals surface area contributed by atoms with E-state index in [9.17, 15) is 9.59 Å². The first-order valence-electron chi connectivity index (χ1n) is 8.36. The molecule has 2 heterocycles. The summed E-state index contributed by atoms with van der Waals surface area (Å²) >= 11 is 1.45. The molecular weight excluding hydrogens is 336 g/mol. The summed E-state index contributed by atoms with van der Waals surface area (Å²) in [7, 11) is 0. The molecule has 0 saturated carbocycles. The SMILES string of the molecule is Cc1cccc(C)c1OCC(=O)N1CCN(C(=O)c2cccs2)CC1. The molecule has 2 amide bonds. The van der Waals surface area contributed by atoms with Crippen molar-refractivity contribution < 1.29 is 14.3 Å². The van der Waals surface area contributed by atoms with Crippen molar-refractivity contribution >= 4 is 23.2 Å². The van der Waals surface area contributed by atoms with Crippen LogP contribution in [-0.2, 0) is 4.79 Å². The van der Waals surface area contributed by atoms with Crippen LogP contribution >= 0.6 is 11.3 Å². The number of nitrogens with zero attached hydrogens (tertiary/aromatic N) is 2. The molecule has 6 heteroatoms. The number of ether oxygens (including phenoxy) is 1. The average Bonchev–Trinajstić information content (AvgIpc) is 3.15. The first-order chi connectivity index (χ1) is 12.1. The number of hydrogen-bond acceptors (Lipinski definition) is 4. The maximum Gasteiger partial charge on any atom is 0.264 e. The van der Waals surface area contributed by atoms with Gasteiger partial charge in [0.15, 0.2) is 6.61 Å². The van der Waals surface area contributed by atoms with Gasteiger partial charge in [-0.1, -0.05) is 24.3 Å². The van der Waals surface area contributed by atoms with Gasteiger partial charge in [-0.2, -0.15) is 0 Å². The van der Waals surface area contributed by atoms with E-state index in [1.54, 1.807) is 4.90 Å². The highest BCUT2D eigenvalue weighted by Gasteiger charge is 2.25. The quantitative estimate of drug-likeness (QED) is 0.844. The van der Waals surface area contributed by atoms with E-state index in [4.69, 9.17) is 4.74 Å². The van der Waals surface area contributed by atoms with Gasteiger partial charge in [0.25, 0.3) is 11.8 Å². The summed E-state index contributed by atoms with van der Waals surface area (Å²) in [5.74, 6) is 0.794. The second kappa shape index (κ2) is 7.70. The molecule has 1 fully saturated rings. The number of amides is 2. The van der Waals surface area contributed by atoms with Crippen LogP contribution in [0, 0.1) is 13.8 Å². The molecule has 0 radical (unpaired) electrons. The van der Waals surface area contributed by atoms with E-state index >= 15 is 0 Å². The van der Waals surface area contributed by atoms with Gasteiger partial charge in [-0.25, -0.2) is 0 Å². The monoisotopic (exact) mass is 358 g/mol. The van der Waals surface area contributed by atoms with Crippen molar-refractivity contribution in [3.05, 3.63) is 51.7 Å². The molecule has 5 nitrogen and oxygen atoms in total. The van der Waals surface area contributed by atoms with Crippen molar-refractivity contribution in [3.63, 3.8) is 0 Å². The Labute approximate surface area is 151 Å². The summed E-state index contributed by atoms with van der Waals surface area (Å²) in [6.07, 6.45) is 0. The predicted molar refractivity (Wildman–Crippen MR) is 98.2 cm³/mol. The van der Waals surface area contributed by atoms with Crippen LogP contribution < -0.4 is 4.74 Å². The smallest absolute Gasteiger partial charge is 0.264 e. The van der Waals surface area contributed by atoms with Gasteiger partial charge < -0.3 is 14.5 Å². The van der Waals surface area contributed by atoms with Crippen molar-refractivity contribution in [3.8, 4) is 5.75 Å². The molecule has 1 aromatic heterocycles. The highest BCUT2D eigenvalue weighted by Crippen LogP contribution is 2.22. The Morgan fingerprint density at radius 3 is 2.24 bits per heavy atom. The average molecular weight is 358 g/mol. The maximum atomic E-state index is 12.4. The van der Waals surface area contributed by atoms with Crippen molar-refractivity contribution in [2.75, 3.05) is 32.8 Å². The maximum absolute atomic E-state index is 12.4. The van der Waals surface area contributed by atoms with E-state index in [2.05, 4.69) is 0 Å². The Hall–Kier alpha value is -2.34. The topological polar surface area (TPSA) is 49.9 Å². The third-order valence-electron chi connectivity index (χ3n) is 4.40. The van der Waals surface area contributed by atoms with Gasteiger partial charge in [-0.05, 0) is 36.4 Å². The number of rotatable bonds is 4. The third kappa shape index (κ3) is 4.02. The standard InChI is InChI=1S/C19H22N2O3S/c1-14-5-3-6-15(2)18(14)24-13-17(22)20-8-10-21(11-9-20)19(23)16-7-4-12-25-16/h3-7,12H,8-11,13H2,1-2H3. The molecule has 0 spiro atoms. The predicted octanol–water partition coefficient (Wildman–Crippen LogP) is 2.73. The number of carbonyl (C=O) groups excluding carboxylic acids is 2. The van der Waals surface area contributed by atoms with Crippen molar-refractivity contribution in [1.82, 2.24) is 9.80 Å². The summed E-state index contributed by atoms with van der Waals surface area (Å²) < 4.78 is 5.75. The van der Waals surface area contributed by atoms with Crippen molar-refractivity contribution in [2.45, 2.75) is 13.8 Å². The van der Waals surface area contributed by atoms with E-state index in [0.717, 1.165) is 21.8 Å². The largest absolute Gasteiger partial charge is 0.483 e. The molecule has 2 aromatic rings. The lowest BCUT2D eigenvalue weighted by Crippen LogP contribution is -2.51. The summed E-state index contributed by atoms with van der Waals surface area (Å²) in [6, 6.07) is 9.64. The lowest BCUT2D eigenvalue weighted by molar-refractivity contribution is -0.134. The Morgan fingerprint density at radius 1 is 1.00 bits per heavy atom. The minimum Gasteiger partial charge on any atom is -0.483 e. The number of carbonyl (C=O) groups is 2. The summed E-state index contributed by atoms with van der Waals surface area (Å²) in [4.78, 5) is 29.1. The first kappa shape index (κ1) is 17.5. The van der Waals surface area contributed by atoms with Gasteiger partial charge in [0.2, 0.25) is 0 Å². The van der Waals surface area contributed by atoms with Crippen LogP contribution in [0.5, 0.6) is 5.75 Å². The van der Waals surface area contributed by atoms with Crippen LogP contribution in [-0.4, -0.2) is 54.4 Å². The molecule has 1 aromatic carbocycles. The number of hydrogen-bond donors (Lipinski definition) is 0. The van der Waals surface area contributed by atoms with E-state index in [1.165, 1.54) is 11.3 Å². The lowest BCUT2D eigenvalue weighted by atomic mass is 10.1. The second-order valence-corrected chi connectivity index (χ2v) is 7.11. The summed E-state index contributed by atoms with van der Waals surface area (Å²) in [6.45, 7) is 6.20. The molecule has 0 unspecified atom stereocenters. The Balaban J connectivity index is 1.51. The van der Waals surface area contributed by atoms with Crippen LogP contribution in [0.2, 0.25) is 0 Å². The Kier molecular flexibility index (Phi) is 5.38. The van der Waals surface area contributed by atoms with Gasteiger partial charge in [-0.15, -0.1) is 11.3 Å². The van der Waals surface area contributed by atoms with Crippen molar-refractivity contribution in [2.24, 2.45) is 0 Å². The Morgan fingerprint density at radius 2 is 1.64 bits per heavy atom. The molecule has 25 heavy (non-hydrogen) atoms. The van der Waals surface area contributed by atoms with E-state index in [0.29, 0.717) is 26.2 Å². The molecule has 0 aliphatic carbocycles. The van der Waals surface area contributed by atoms with Crippen molar-refractivity contribution in [1.29, 1.82) is 0 Å². The number of thiophene rings is 1. The fraction of sp³-hybridized carbons (Fsp3) is 0.368. The zero-order valence-corrected chi connectivity index (χ0v) is 15.3. The van der Waals surface area contributed by atoms with Crippen LogP contribution in [0.15, 0.2) is 35.7 Å². The van der Waals surface area contributed by atoms with E-state index in [-0.39, 0.29) is 18.4 Å². The van der Waals surface area contributed by atoms with Crippen LogP contribution in [0.1, 0.15) is 20.8 Å². The number of aryl methyl sites for hydroxylation is 2. The Bertz CT molecular complexity index is 730. The summed E-state index contributed by atoms with van der Waals surface area (Å²) in [5, 5.41) is 1.90. The number of benzene rings is 1. The minimum absolute atomic E-state index is 0.0323. The molecule has 1 aliphatic heterocycles. The third-order valence-corrected chi connectivity index (χ3v) is 5.26. The van der Waals surface area contributed by atoms with E-state index in [1.807, 2.05) is 54.5 Å².